The predicted molar refractivity (Wildman–Crippen MR) is 67.8 cm³/mol. The average molecular weight is 247 g/mol. The zero-order valence-corrected chi connectivity index (χ0v) is 11.2. The highest BCUT2D eigenvalue weighted by atomic mass is 16.5. The van der Waals surface area contributed by atoms with Crippen LogP contribution < -0.4 is 0 Å². The van der Waals surface area contributed by atoms with E-state index in [-0.39, 0.29) is 5.92 Å². The Labute approximate surface area is 108 Å². The molecule has 0 amide bonds. The summed E-state index contributed by atoms with van der Waals surface area (Å²) in [7, 11) is 0. The second kappa shape index (κ2) is 5.99. The van der Waals surface area contributed by atoms with Crippen LogP contribution in [0.4, 0.5) is 0 Å². The quantitative estimate of drug-likeness (QED) is 0.799. The summed E-state index contributed by atoms with van der Waals surface area (Å²) in [6, 6.07) is 2.17. The molecular formula is C14H21N3O. The molecule has 0 aliphatic heterocycles. The van der Waals surface area contributed by atoms with Crippen molar-refractivity contribution >= 4 is 0 Å². The molecule has 1 aromatic heterocycles. The fourth-order valence-corrected chi connectivity index (χ4v) is 2.72. The number of rotatable bonds is 5. The topological polar surface area (TPSA) is 62.7 Å². The lowest BCUT2D eigenvalue weighted by Gasteiger charge is -2.04. The molecule has 0 radical (unpaired) electrons. The lowest BCUT2D eigenvalue weighted by atomic mass is 10.0. The summed E-state index contributed by atoms with van der Waals surface area (Å²) in [5, 5.41) is 12.7. The molecule has 1 heterocycles. The molecular weight excluding hydrogens is 226 g/mol. The van der Waals surface area contributed by atoms with E-state index in [1.54, 1.807) is 0 Å². The molecule has 1 aliphatic carbocycles. The second-order valence-corrected chi connectivity index (χ2v) is 5.50. The van der Waals surface area contributed by atoms with E-state index < -0.39 is 0 Å². The van der Waals surface area contributed by atoms with Crippen molar-refractivity contribution in [3.63, 3.8) is 0 Å². The highest BCUT2D eigenvalue weighted by Crippen LogP contribution is 2.38. The minimum Gasteiger partial charge on any atom is -0.339 e. The smallest absolute Gasteiger partial charge is 0.226 e. The van der Waals surface area contributed by atoms with E-state index in [2.05, 4.69) is 23.1 Å². The molecule has 2 rings (SSSR count). The van der Waals surface area contributed by atoms with E-state index in [0.717, 1.165) is 11.7 Å². The van der Waals surface area contributed by atoms with Crippen LogP contribution in [0.2, 0.25) is 0 Å². The Bertz CT molecular complexity index is 421. The fraction of sp³-hybridized carbons (Fsp3) is 0.786. The Kier molecular flexibility index (Phi) is 4.35. The number of nitrogens with zero attached hydrogens (tertiary/aromatic N) is 3. The van der Waals surface area contributed by atoms with Crippen molar-refractivity contribution in [2.45, 2.75) is 58.3 Å². The SMILES string of the molecule is CCC1CCC(c2noc(CC(C)CC#N)n2)C1. The molecule has 0 aromatic carbocycles. The molecule has 98 valence electrons. The minimum atomic E-state index is 0.287. The van der Waals surface area contributed by atoms with Gasteiger partial charge in [0.15, 0.2) is 5.82 Å². The summed E-state index contributed by atoms with van der Waals surface area (Å²) in [5.41, 5.74) is 0. The Morgan fingerprint density at radius 3 is 3.00 bits per heavy atom. The molecule has 0 spiro atoms. The van der Waals surface area contributed by atoms with E-state index in [1.165, 1.54) is 25.7 Å². The molecule has 4 heteroatoms. The normalized spacial score (nSPS) is 24.9. The zero-order valence-electron chi connectivity index (χ0n) is 11.2. The van der Waals surface area contributed by atoms with Crippen molar-refractivity contribution in [2.24, 2.45) is 11.8 Å². The van der Waals surface area contributed by atoms with Crippen LogP contribution in [-0.4, -0.2) is 10.1 Å². The molecule has 18 heavy (non-hydrogen) atoms. The van der Waals surface area contributed by atoms with E-state index in [0.29, 0.717) is 24.7 Å². The summed E-state index contributed by atoms with van der Waals surface area (Å²) >= 11 is 0. The first-order chi connectivity index (χ1) is 8.72. The van der Waals surface area contributed by atoms with E-state index in [9.17, 15) is 0 Å². The third-order valence-electron chi connectivity index (χ3n) is 3.93. The van der Waals surface area contributed by atoms with Crippen molar-refractivity contribution in [3.8, 4) is 6.07 Å². The van der Waals surface area contributed by atoms with Crippen LogP contribution in [0.5, 0.6) is 0 Å². The maximum atomic E-state index is 8.63. The Balaban J connectivity index is 1.92. The van der Waals surface area contributed by atoms with Gasteiger partial charge < -0.3 is 4.52 Å². The third kappa shape index (κ3) is 3.10. The summed E-state index contributed by atoms with van der Waals surface area (Å²) in [5.74, 6) is 3.17. The molecule has 1 fully saturated rings. The lowest BCUT2D eigenvalue weighted by molar-refractivity contribution is 0.352. The first-order valence-corrected chi connectivity index (χ1v) is 6.92. The van der Waals surface area contributed by atoms with Crippen LogP contribution in [0, 0.1) is 23.2 Å². The molecule has 1 saturated carbocycles. The van der Waals surface area contributed by atoms with Crippen LogP contribution >= 0.6 is 0 Å². The zero-order chi connectivity index (χ0) is 13.0. The van der Waals surface area contributed by atoms with Crippen LogP contribution in [0.1, 0.15) is 63.6 Å². The van der Waals surface area contributed by atoms with Crippen LogP contribution in [-0.2, 0) is 6.42 Å². The minimum absolute atomic E-state index is 0.287. The molecule has 0 saturated heterocycles. The standard InChI is InChI=1S/C14H21N3O/c1-3-11-4-5-12(9-11)14-16-13(18-17-14)8-10(2)6-7-15/h10-12H,3-6,8-9H2,1-2H3. The number of hydrogen-bond donors (Lipinski definition) is 0. The van der Waals surface area contributed by atoms with Gasteiger partial charge in [0.25, 0.3) is 0 Å². The van der Waals surface area contributed by atoms with Crippen molar-refractivity contribution in [1.29, 1.82) is 5.26 Å². The second-order valence-electron chi connectivity index (χ2n) is 5.50. The average Bonchev–Trinajstić information content (AvgIpc) is 2.96. The maximum Gasteiger partial charge on any atom is 0.226 e. The largest absolute Gasteiger partial charge is 0.339 e. The van der Waals surface area contributed by atoms with E-state index in [4.69, 9.17) is 9.78 Å². The molecule has 3 atom stereocenters. The highest BCUT2D eigenvalue weighted by Gasteiger charge is 2.28. The maximum absolute atomic E-state index is 8.63. The van der Waals surface area contributed by atoms with Gasteiger partial charge in [-0.1, -0.05) is 25.4 Å². The molecule has 1 aliphatic rings. The third-order valence-corrected chi connectivity index (χ3v) is 3.93. The predicted octanol–water partition coefficient (Wildman–Crippen LogP) is 3.46. The molecule has 0 N–H and O–H groups in total. The van der Waals surface area contributed by atoms with Crippen molar-refractivity contribution in [1.82, 2.24) is 10.1 Å². The van der Waals surface area contributed by atoms with Gasteiger partial charge >= 0.3 is 0 Å². The summed E-state index contributed by atoms with van der Waals surface area (Å²) in [4.78, 5) is 4.50. The Morgan fingerprint density at radius 2 is 2.33 bits per heavy atom. The van der Waals surface area contributed by atoms with Gasteiger partial charge in [-0.3, -0.25) is 0 Å². The van der Waals surface area contributed by atoms with Crippen molar-refractivity contribution < 1.29 is 4.52 Å². The molecule has 1 aromatic rings. The van der Waals surface area contributed by atoms with Gasteiger partial charge in [0.2, 0.25) is 5.89 Å². The van der Waals surface area contributed by atoms with Gasteiger partial charge in [-0.05, 0) is 31.1 Å². The molecule has 0 bridgehead atoms. The van der Waals surface area contributed by atoms with E-state index in [1.807, 2.05) is 6.92 Å². The number of aromatic nitrogens is 2. The van der Waals surface area contributed by atoms with Crippen molar-refractivity contribution in [2.75, 3.05) is 0 Å². The lowest BCUT2D eigenvalue weighted by Crippen LogP contribution is -2.00. The summed E-state index contributed by atoms with van der Waals surface area (Å²) < 4.78 is 5.29. The molecule has 3 unspecified atom stereocenters. The first-order valence-electron chi connectivity index (χ1n) is 6.92. The van der Waals surface area contributed by atoms with Crippen LogP contribution in [0.3, 0.4) is 0 Å². The Morgan fingerprint density at radius 1 is 1.50 bits per heavy atom. The molecule has 4 nitrogen and oxygen atoms in total. The summed E-state index contributed by atoms with van der Waals surface area (Å²) in [6.45, 7) is 4.29. The summed E-state index contributed by atoms with van der Waals surface area (Å²) in [6.07, 6.45) is 6.17. The van der Waals surface area contributed by atoms with E-state index >= 15 is 0 Å². The van der Waals surface area contributed by atoms with Crippen molar-refractivity contribution in [3.05, 3.63) is 11.7 Å². The monoisotopic (exact) mass is 247 g/mol. The first kappa shape index (κ1) is 13.1. The van der Waals surface area contributed by atoms with Crippen LogP contribution in [0.25, 0.3) is 0 Å². The van der Waals surface area contributed by atoms with Crippen LogP contribution in [0.15, 0.2) is 4.52 Å². The fourth-order valence-electron chi connectivity index (χ4n) is 2.72. The Hall–Kier alpha value is -1.37. The van der Waals surface area contributed by atoms with Gasteiger partial charge in [0, 0.05) is 18.8 Å². The highest BCUT2D eigenvalue weighted by molar-refractivity contribution is 5.00. The van der Waals surface area contributed by atoms with Gasteiger partial charge in [0.1, 0.15) is 0 Å². The van der Waals surface area contributed by atoms with Gasteiger partial charge in [-0.25, -0.2) is 0 Å². The van der Waals surface area contributed by atoms with Gasteiger partial charge in [-0.15, -0.1) is 0 Å². The van der Waals surface area contributed by atoms with Gasteiger partial charge in [0.05, 0.1) is 6.07 Å². The number of nitriles is 1. The van der Waals surface area contributed by atoms with Gasteiger partial charge in [-0.2, -0.15) is 10.2 Å². The number of hydrogen-bond acceptors (Lipinski definition) is 4.